The van der Waals surface area contributed by atoms with Gasteiger partial charge in [0.1, 0.15) is 12.1 Å². The number of carbonyl (C=O) groups is 2. The lowest BCUT2D eigenvalue weighted by Crippen LogP contribution is -2.44. The first kappa shape index (κ1) is 17.3. The molecular formula is C14H26O3Si. The molecule has 0 rings (SSSR count). The van der Waals surface area contributed by atoms with Gasteiger partial charge >= 0.3 is 0 Å². The van der Waals surface area contributed by atoms with Gasteiger partial charge in [-0.2, -0.15) is 0 Å². The molecule has 0 saturated carbocycles. The van der Waals surface area contributed by atoms with Crippen molar-refractivity contribution >= 4 is 20.4 Å². The maximum Gasteiger partial charge on any atom is 0.192 e. The van der Waals surface area contributed by atoms with Crippen molar-refractivity contribution in [3.05, 3.63) is 12.2 Å². The van der Waals surface area contributed by atoms with Crippen LogP contribution in [-0.4, -0.2) is 26.5 Å². The minimum atomic E-state index is -1.92. The zero-order chi connectivity index (χ0) is 14.4. The van der Waals surface area contributed by atoms with Crippen molar-refractivity contribution in [2.24, 2.45) is 0 Å². The molecule has 18 heavy (non-hydrogen) atoms. The number of rotatable bonds is 7. The number of ketones is 1. The normalized spacial score (nSPS) is 14.8. The van der Waals surface area contributed by atoms with E-state index in [1.807, 2.05) is 6.92 Å². The van der Waals surface area contributed by atoms with Gasteiger partial charge in [0, 0.05) is 12.8 Å². The van der Waals surface area contributed by atoms with Gasteiger partial charge in [-0.1, -0.05) is 33.8 Å². The standard InChI is InChI=1S/C14H26O3Si/c1-7-12(16)11-13(9-8-10-15)17-18(5,6)14(2,3)4/h8-10,13H,7,11H2,1-6H3/b9-8+/t13-/m0/s1. The third-order valence-electron chi connectivity index (χ3n) is 3.48. The molecule has 0 aromatic heterocycles. The van der Waals surface area contributed by atoms with Crippen molar-refractivity contribution in [3.8, 4) is 0 Å². The van der Waals surface area contributed by atoms with Crippen LogP contribution in [0.3, 0.4) is 0 Å². The Kier molecular flexibility index (Phi) is 6.71. The maximum absolute atomic E-state index is 11.5. The van der Waals surface area contributed by atoms with Crippen LogP contribution in [0.4, 0.5) is 0 Å². The van der Waals surface area contributed by atoms with Gasteiger partial charge in [-0.3, -0.25) is 9.59 Å². The van der Waals surface area contributed by atoms with Crippen LogP contribution in [0.2, 0.25) is 18.1 Å². The van der Waals surface area contributed by atoms with E-state index in [1.165, 1.54) is 6.08 Å². The van der Waals surface area contributed by atoms with E-state index in [2.05, 4.69) is 33.9 Å². The van der Waals surface area contributed by atoms with Crippen molar-refractivity contribution in [1.29, 1.82) is 0 Å². The summed E-state index contributed by atoms with van der Waals surface area (Å²) < 4.78 is 6.15. The molecule has 0 radical (unpaired) electrons. The molecule has 0 aromatic rings. The maximum atomic E-state index is 11.5. The van der Waals surface area contributed by atoms with Gasteiger partial charge in [-0.05, 0) is 24.2 Å². The summed E-state index contributed by atoms with van der Waals surface area (Å²) in [7, 11) is -1.92. The van der Waals surface area contributed by atoms with Crippen LogP contribution < -0.4 is 0 Å². The summed E-state index contributed by atoms with van der Waals surface area (Å²) in [6.07, 6.45) is 4.42. The van der Waals surface area contributed by atoms with Crippen molar-refractivity contribution in [3.63, 3.8) is 0 Å². The molecule has 0 heterocycles. The third kappa shape index (κ3) is 5.73. The minimum Gasteiger partial charge on any atom is -0.410 e. The van der Waals surface area contributed by atoms with Crippen LogP contribution >= 0.6 is 0 Å². The number of hydrogen-bond acceptors (Lipinski definition) is 3. The summed E-state index contributed by atoms with van der Waals surface area (Å²) in [6, 6.07) is 0. The quantitative estimate of drug-likeness (QED) is 0.404. The Hall–Kier alpha value is -0.743. The van der Waals surface area contributed by atoms with E-state index in [4.69, 9.17) is 4.43 Å². The van der Waals surface area contributed by atoms with Crippen LogP contribution in [0, 0.1) is 0 Å². The number of Topliss-reactive ketones (excluding diaryl/α,β-unsaturated/α-hetero) is 1. The average Bonchev–Trinajstić information content (AvgIpc) is 2.23. The van der Waals surface area contributed by atoms with E-state index in [0.29, 0.717) is 12.8 Å². The van der Waals surface area contributed by atoms with Gasteiger partial charge in [0.15, 0.2) is 8.32 Å². The van der Waals surface area contributed by atoms with Crippen molar-refractivity contribution in [2.45, 2.75) is 64.8 Å². The Morgan fingerprint density at radius 1 is 1.33 bits per heavy atom. The summed E-state index contributed by atoms with van der Waals surface area (Å²) in [5.74, 6) is 0.161. The van der Waals surface area contributed by atoms with E-state index in [9.17, 15) is 9.59 Å². The van der Waals surface area contributed by atoms with E-state index in [0.717, 1.165) is 6.29 Å². The fourth-order valence-electron chi connectivity index (χ4n) is 1.24. The SMILES string of the molecule is CCC(=O)C[C@H](/C=C/C=O)O[Si](C)(C)C(C)(C)C. The lowest BCUT2D eigenvalue weighted by atomic mass is 10.1. The molecule has 0 aromatic carbocycles. The molecule has 0 bridgehead atoms. The third-order valence-corrected chi connectivity index (χ3v) is 7.98. The van der Waals surface area contributed by atoms with Crippen LogP contribution in [0.1, 0.15) is 40.5 Å². The lowest BCUT2D eigenvalue weighted by molar-refractivity contribution is -0.120. The first-order valence-electron chi connectivity index (χ1n) is 6.45. The molecule has 0 amide bonds. The highest BCUT2D eigenvalue weighted by molar-refractivity contribution is 6.74. The summed E-state index contributed by atoms with van der Waals surface area (Å²) in [5, 5.41) is 0.0928. The minimum absolute atomic E-state index is 0.0928. The Labute approximate surface area is 112 Å². The predicted octanol–water partition coefficient (Wildman–Crippen LogP) is 3.50. The molecule has 3 nitrogen and oxygen atoms in total. The monoisotopic (exact) mass is 270 g/mol. The highest BCUT2D eigenvalue weighted by Gasteiger charge is 2.38. The van der Waals surface area contributed by atoms with Gasteiger partial charge in [0.25, 0.3) is 0 Å². The molecular weight excluding hydrogens is 244 g/mol. The Morgan fingerprint density at radius 3 is 2.28 bits per heavy atom. The Bertz CT molecular complexity index is 313. The summed E-state index contributed by atoms with van der Waals surface area (Å²) >= 11 is 0. The molecule has 0 aliphatic rings. The van der Waals surface area contributed by atoms with Gasteiger partial charge in [0.05, 0.1) is 6.10 Å². The number of allylic oxidation sites excluding steroid dienone is 1. The number of carbonyl (C=O) groups excluding carboxylic acids is 2. The van der Waals surface area contributed by atoms with Crippen LogP contribution in [-0.2, 0) is 14.0 Å². The molecule has 0 saturated heterocycles. The molecule has 0 aliphatic carbocycles. The average molecular weight is 270 g/mol. The molecule has 0 fully saturated rings. The first-order valence-corrected chi connectivity index (χ1v) is 9.36. The fraction of sp³-hybridized carbons (Fsp3) is 0.714. The molecule has 0 aliphatic heterocycles. The molecule has 4 heteroatoms. The summed E-state index contributed by atoms with van der Waals surface area (Å²) in [5.41, 5.74) is 0. The van der Waals surface area contributed by atoms with Crippen molar-refractivity contribution in [1.82, 2.24) is 0 Å². The number of aldehydes is 1. The zero-order valence-corrected chi connectivity index (χ0v) is 13.4. The van der Waals surface area contributed by atoms with Crippen molar-refractivity contribution in [2.75, 3.05) is 0 Å². The second-order valence-corrected chi connectivity index (χ2v) is 10.8. The van der Waals surface area contributed by atoms with E-state index in [-0.39, 0.29) is 16.9 Å². The summed E-state index contributed by atoms with van der Waals surface area (Å²) in [6.45, 7) is 12.6. The second kappa shape index (κ2) is 7.00. The van der Waals surface area contributed by atoms with Gasteiger partial charge in [0.2, 0.25) is 0 Å². The zero-order valence-electron chi connectivity index (χ0n) is 12.4. The topological polar surface area (TPSA) is 43.4 Å². The van der Waals surface area contributed by atoms with E-state index in [1.54, 1.807) is 6.08 Å². The molecule has 1 atom stereocenters. The summed E-state index contributed by atoms with van der Waals surface area (Å²) in [4.78, 5) is 21.9. The first-order chi connectivity index (χ1) is 8.14. The van der Waals surface area contributed by atoms with Crippen LogP contribution in [0.5, 0.6) is 0 Å². The second-order valence-electron chi connectivity index (χ2n) is 6.03. The van der Waals surface area contributed by atoms with Crippen molar-refractivity contribution < 1.29 is 14.0 Å². The lowest BCUT2D eigenvalue weighted by Gasteiger charge is -2.38. The van der Waals surface area contributed by atoms with E-state index < -0.39 is 8.32 Å². The molecule has 0 N–H and O–H groups in total. The Balaban J connectivity index is 4.83. The highest BCUT2D eigenvalue weighted by Crippen LogP contribution is 2.37. The van der Waals surface area contributed by atoms with E-state index >= 15 is 0 Å². The van der Waals surface area contributed by atoms with Gasteiger partial charge < -0.3 is 4.43 Å². The molecule has 0 unspecified atom stereocenters. The van der Waals surface area contributed by atoms with Gasteiger partial charge in [-0.25, -0.2) is 0 Å². The largest absolute Gasteiger partial charge is 0.410 e. The smallest absolute Gasteiger partial charge is 0.192 e. The predicted molar refractivity (Wildman–Crippen MR) is 77.2 cm³/mol. The highest BCUT2D eigenvalue weighted by atomic mass is 28.4. The fourth-order valence-corrected chi connectivity index (χ4v) is 2.51. The van der Waals surface area contributed by atoms with Gasteiger partial charge in [-0.15, -0.1) is 0 Å². The number of hydrogen-bond donors (Lipinski definition) is 0. The van der Waals surface area contributed by atoms with Crippen LogP contribution in [0.15, 0.2) is 12.2 Å². The molecule has 104 valence electrons. The molecule has 0 spiro atoms. The van der Waals surface area contributed by atoms with Crippen LogP contribution in [0.25, 0.3) is 0 Å². The Morgan fingerprint density at radius 2 is 1.89 bits per heavy atom.